The molecule has 0 radical (unpaired) electrons. The summed E-state index contributed by atoms with van der Waals surface area (Å²) in [6.45, 7) is 10.7. The van der Waals surface area contributed by atoms with Gasteiger partial charge in [-0.15, -0.1) is 11.6 Å². The molecule has 0 saturated heterocycles. The second kappa shape index (κ2) is 9.14. The van der Waals surface area contributed by atoms with Gasteiger partial charge in [0.2, 0.25) is 5.88 Å². The molecule has 31 heavy (non-hydrogen) atoms. The molecule has 1 unspecified atom stereocenters. The monoisotopic (exact) mass is 444 g/mol. The van der Waals surface area contributed by atoms with Crippen molar-refractivity contribution in [1.82, 2.24) is 19.9 Å². The van der Waals surface area contributed by atoms with E-state index in [1.54, 1.807) is 0 Å². The molecule has 0 aliphatic rings. The van der Waals surface area contributed by atoms with Crippen molar-refractivity contribution in [1.29, 1.82) is 0 Å². The van der Waals surface area contributed by atoms with E-state index in [1.165, 1.54) is 0 Å². The molecule has 2 N–H and O–H groups in total. The van der Waals surface area contributed by atoms with Gasteiger partial charge in [-0.05, 0) is 43.4 Å². The summed E-state index contributed by atoms with van der Waals surface area (Å²) in [6, 6.07) is 9.44. The van der Waals surface area contributed by atoms with Gasteiger partial charge in [0.25, 0.3) is 0 Å². The number of alkyl halides is 1. The fourth-order valence-electron chi connectivity index (χ4n) is 3.81. The van der Waals surface area contributed by atoms with Crippen molar-refractivity contribution in [2.24, 2.45) is 5.41 Å². The predicted octanol–water partition coefficient (Wildman–Crippen LogP) is 5.82. The second-order valence-electron chi connectivity index (χ2n) is 8.67. The van der Waals surface area contributed by atoms with Gasteiger partial charge in [-0.1, -0.05) is 39.0 Å². The number of pyridine rings is 1. The molecule has 0 spiro atoms. The van der Waals surface area contributed by atoms with Gasteiger partial charge in [0, 0.05) is 18.3 Å². The van der Waals surface area contributed by atoms with E-state index in [-0.39, 0.29) is 17.3 Å². The first-order valence-electron chi connectivity index (χ1n) is 10.3. The Balaban J connectivity index is 2.19. The van der Waals surface area contributed by atoms with Gasteiger partial charge in [-0.3, -0.25) is 0 Å². The Morgan fingerprint density at radius 1 is 1.23 bits per heavy atom. The van der Waals surface area contributed by atoms with Crippen LogP contribution >= 0.6 is 11.6 Å². The number of para-hydroxylation sites is 1. The Hall–Kier alpha value is -2.80. The van der Waals surface area contributed by atoms with Crippen LogP contribution in [0.2, 0.25) is 0 Å². The molecule has 1 atom stereocenters. The molecule has 7 nitrogen and oxygen atoms in total. The Bertz CT molecular complexity index is 1070. The van der Waals surface area contributed by atoms with Gasteiger partial charge < -0.3 is 19.7 Å². The number of rotatable bonds is 7. The lowest BCUT2D eigenvalue weighted by atomic mass is 9.84. The molecular formula is C23H29ClN4O3. The average Bonchev–Trinajstić information content (AvgIpc) is 3.08. The number of imidazole rings is 1. The Kier molecular flexibility index (Phi) is 6.74. The van der Waals surface area contributed by atoms with Crippen molar-refractivity contribution < 1.29 is 14.6 Å². The first-order valence-corrected chi connectivity index (χ1v) is 10.8. The van der Waals surface area contributed by atoms with Crippen molar-refractivity contribution in [3.05, 3.63) is 47.4 Å². The number of nitrogens with zero attached hydrogens (tertiary/aromatic N) is 3. The number of benzene rings is 1. The maximum absolute atomic E-state index is 11.0. The van der Waals surface area contributed by atoms with Crippen LogP contribution in [-0.2, 0) is 5.88 Å². The van der Waals surface area contributed by atoms with E-state index in [1.807, 2.05) is 44.2 Å². The SMILES string of the molecule is Cc1nc(Oc2ccccc2)c2nc(CCl)n(C(CCNC(=O)O)C(C)(C)C)c2c1C. The van der Waals surface area contributed by atoms with Gasteiger partial charge >= 0.3 is 6.09 Å². The molecule has 3 rings (SSSR count). The number of hydrogen-bond acceptors (Lipinski definition) is 4. The van der Waals surface area contributed by atoms with Crippen LogP contribution in [0, 0.1) is 19.3 Å². The van der Waals surface area contributed by atoms with Crippen molar-refractivity contribution in [2.75, 3.05) is 6.54 Å². The fraction of sp³-hybridized carbons (Fsp3) is 0.435. The number of aryl methyl sites for hydroxylation is 2. The number of fused-ring (bicyclic) bond motifs is 1. The van der Waals surface area contributed by atoms with Gasteiger partial charge in [0.05, 0.1) is 11.4 Å². The molecule has 2 aromatic heterocycles. The van der Waals surface area contributed by atoms with Gasteiger partial charge in [-0.2, -0.15) is 0 Å². The highest BCUT2D eigenvalue weighted by atomic mass is 35.5. The molecular weight excluding hydrogens is 416 g/mol. The highest BCUT2D eigenvalue weighted by molar-refractivity contribution is 6.17. The Morgan fingerprint density at radius 3 is 2.48 bits per heavy atom. The zero-order valence-electron chi connectivity index (χ0n) is 18.6. The maximum atomic E-state index is 11.0. The predicted molar refractivity (Wildman–Crippen MR) is 122 cm³/mol. The van der Waals surface area contributed by atoms with Gasteiger partial charge in [-0.25, -0.2) is 14.8 Å². The molecule has 1 aromatic carbocycles. The molecule has 0 saturated carbocycles. The zero-order chi connectivity index (χ0) is 22.8. The number of aromatic nitrogens is 3. The third kappa shape index (κ3) is 4.93. The molecule has 8 heteroatoms. The van der Waals surface area contributed by atoms with E-state index in [0.717, 1.165) is 16.8 Å². The highest BCUT2D eigenvalue weighted by Gasteiger charge is 2.31. The lowest BCUT2D eigenvalue weighted by Gasteiger charge is -2.34. The van der Waals surface area contributed by atoms with Crippen LogP contribution in [0.3, 0.4) is 0 Å². The molecule has 0 aliphatic carbocycles. The summed E-state index contributed by atoms with van der Waals surface area (Å²) in [5.74, 6) is 2.04. The number of hydrogen-bond donors (Lipinski definition) is 2. The summed E-state index contributed by atoms with van der Waals surface area (Å²) in [7, 11) is 0. The lowest BCUT2D eigenvalue weighted by Crippen LogP contribution is -2.31. The number of ether oxygens (including phenoxy) is 1. The van der Waals surface area contributed by atoms with Crippen LogP contribution in [0.1, 0.15) is 50.3 Å². The third-order valence-electron chi connectivity index (χ3n) is 5.44. The van der Waals surface area contributed by atoms with Crippen LogP contribution in [0.25, 0.3) is 11.0 Å². The molecule has 166 valence electrons. The summed E-state index contributed by atoms with van der Waals surface area (Å²) in [5.41, 5.74) is 3.25. The summed E-state index contributed by atoms with van der Waals surface area (Å²) < 4.78 is 8.24. The van der Waals surface area contributed by atoms with Crippen LogP contribution in [0.5, 0.6) is 11.6 Å². The van der Waals surface area contributed by atoms with Gasteiger partial charge in [0.15, 0.2) is 5.52 Å². The minimum Gasteiger partial charge on any atom is -0.465 e. The van der Waals surface area contributed by atoms with E-state index in [9.17, 15) is 4.79 Å². The van der Waals surface area contributed by atoms with Crippen molar-refractivity contribution in [3.8, 4) is 11.6 Å². The summed E-state index contributed by atoms with van der Waals surface area (Å²) >= 11 is 6.33. The zero-order valence-corrected chi connectivity index (χ0v) is 19.3. The smallest absolute Gasteiger partial charge is 0.404 e. The molecule has 0 aliphatic heterocycles. The molecule has 1 amide bonds. The topological polar surface area (TPSA) is 89.3 Å². The Morgan fingerprint density at radius 2 is 1.90 bits per heavy atom. The van der Waals surface area contributed by atoms with E-state index in [4.69, 9.17) is 26.4 Å². The number of amides is 1. The largest absolute Gasteiger partial charge is 0.465 e. The first-order chi connectivity index (χ1) is 14.6. The van der Waals surface area contributed by atoms with Crippen LogP contribution < -0.4 is 10.1 Å². The van der Waals surface area contributed by atoms with E-state index < -0.39 is 6.09 Å². The number of nitrogens with one attached hydrogen (secondary N) is 1. The summed E-state index contributed by atoms with van der Waals surface area (Å²) in [5, 5.41) is 11.5. The van der Waals surface area contributed by atoms with E-state index in [2.05, 4.69) is 35.6 Å². The van der Waals surface area contributed by atoms with Crippen LogP contribution in [-0.4, -0.2) is 32.3 Å². The molecule has 0 fully saturated rings. The highest BCUT2D eigenvalue weighted by Crippen LogP contribution is 2.40. The van der Waals surface area contributed by atoms with Crippen LogP contribution in [0.15, 0.2) is 30.3 Å². The third-order valence-corrected chi connectivity index (χ3v) is 5.68. The Labute approximate surface area is 187 Å². The van der Waals surface area contributed by atoms with E-state index in [0.29, 0.717) is 35.9 Å². The molecule has 2 heterocycles. The fourth-order valence-corrected chi connectivity index (χ4v) is 4.00. The first kappa shape index (κ1) is 22.9. The van der Waals surface area contributed by atoms with Crippen LogP contribution in [0.4, 0.5) is 4.79 Å². The van der Waals surface area contributed by atoms with E-state index >= 15 is 0 Å². The van der Waals surface area contributed by atoms with Crippen molar-refractivity contribution >= 4 is 28.7 Å². The standard InChI is InChI=1S/C23H29ClN4O3/c1-14-15(2)26-21(31-16-9-7-6-8-10-16)19-20(14)28(18(13-24)27-19)17(23(3,4)5)11-12-25-22(29)30/h6-10,17,25H,11-13H2,1-5H3,(H,29,30). The number of carboxylic acid groups (broad SMARTS) is 1. The minimum absolute atomic E-state index is 0.0387. The van der Waals surface area contributed by atoms with Crippen molar-refractivity contribution in [3.63, 3.8) is 0 Å². The quantitative estimate of drug-likeness (QED) is 0.448. The minimum atomic E-state index is -1.03. The normalized spacial score (nSPS) is 12.7. The number of halogens is 1. The van der Waals surface area contributed by atoms with Crippen molar-refractivity contribution in [2.45, 2.75) is 53.0 Å². The average molecular weight is 445 g/mol. The number of carbonyl (C=O) groups is 1. The molecule has 0 bridgehead atoms. The lowest BCUT2D eigenvalue weighted by molar-refractivity contribution is 0.188. The summed E-state index contributed by atoms with van der Waals surface area (Å²) in [6.07, 6.45) is -0.434. The summed E-state index contributed by atoms with van der Waals surface area (Å²) in [4.78, 5) is 20.5. The van der Waals surface area contributed by atoms with Gasteiger partial charge in [0.1, 0.15) is 11.6 Å². The molecule has 3 aromatic rings. The second-order valence-corrected chi connectivity index (χ2v) is 8.94. The maximum Gasteiger partial charge on any atom is 0.404 e.